The number of aromatic nitrogens is 3. The van der Waals surface area contributed by atoms with Crippen molar-refractivity contribution < 1.29 is 14.6 Å². The minimum Gasteiger partial charge on any atom is -0.481 e. The van der Waals surface area contributed by atoms with E-state index in [0.29, 0.717) is 46.0 Å². The van der Waals surface area contributed by atoms with Gasteiger partial charge in [-0.05, 0) is 81.6 Å². The number of carboxylic acids is 1. The van der Waals surface area contributed by atoms with Gasteiger partial charge in [0.25, 0.3) is 0 Å². The van der Waals surface area contributed by atoms with Crippen LogP contribution in [0.15, 0.2) is 42.7 Å². The van der Waals surface area contributed by atoms with Crippen molar-refractivity contribution in [1.29, 1.82) is 0 Å². The molecular weight excluding hydrogens is 563 g/mol. The number of carbonyl (C=O) groups is 1. The number of ether oxygens (including phenoxy) is 1. The third-order valence-electron chi connectivity index (χ3n) is 8.54. The first-order valence-corrected chi connectivity index (χ1v) is 14.9. The first-order valence-electron chi connectivity index (χ1n) is 14.2. The number of piperidine rings is 1. The van der Waals surface area contributed by atoms with Gasteiger partial charge in [-0.1, -0.05) is 23.2 Å². The van der Waals surface area contributed by atoms with Gasteiger partial charge in [-0.2, -0.15) is 0 Å². The largest absolute Gasteiger partial charge is 0.481 e. The number of rotatable bonds is 8. The Hall–Kier alpha value is -2.98. The van der Waals surface area contributed by atoms with Gasteiger partial charge in [0.05, 0.1) is 18.1 Å². The Morgan fingerprint density at radius 3 is 2.37 bits per heavy atom. The van der Waals surface area contributed by atoms with E-state index in [0.717, 1.165) is 68.9 Å². The lowest BCUT2D eigenvalue weighted by Crippen LogP contribution is -2.35. The Labute approximate surface area is 250 Å². The van der Waals surface area contributed by atoms with Gasteiger partial charge >= 0.3 is 5.97 Å². The molecule has 41 heavy (non-hydrogen) atoms. The van der Waals surface area contributed by atoms with Crippen LogP contribution in [0.5, 0.6) is 11.6 Å². The van der Waals surface area contributed by atoms with Crippen LogP contribution in [0.1, 0.15) is 37.7 Å². The molecule has 0 spiro atoms. The average Bonchev–Trinajstić information content (AvgIpc) is 3.52. The summed E-state index contributed by atoms with van der Waals surface area (Å²) in [6.45, 7) is 4.45. The van der Waals surface area contributed by atoms with E-state index in [1.807, 2.05) is 24.3 Å². The number of hydrogen-bond donors (Lipinski definition) is 1. The SMILES string of the molecule is CN1CC[C@H]2[C@@H]1CCN2c1ncc(Oc2cc(CN3CCC(CC(=O)O)CC3)cc(-c3cc(Cl)cc(Cl)c3)n2)cn1. The van der Waals surface area contributed by atoms with E-state index >= 15 is 0 Å². The molecule has 0 amide bonds. The minimum atomic E-state index is -0.725. The summed E-state index contributed by atoms with van der Waals surface area (Å²) in [5.41, 5.74) is 2.53. The molecule has 1 N–H and O–H groups in total. The van der Waals surface area contributed by atoms with Gasteiger partial charge in [0.15, 0.2) is 5.75 Å². The van der Waals surface area contributed by atoms with Crippen molar-refractivity contribution in [2.45, 2.75) is 50.7 Å². The van der Waals surface area contributed by atoms with E-state index in [2.05, 4.69) is 31.7 Å². The molecule has 0 aliphatic carbocycles. The topological polar surface area (TPSA) is 94.9 Å². The standard InChI is InChI=1S/C30H34Cl2N6O3/c1-36-6-4-27-26(36)5-9-38(27)30-33-16-24(17-34-30)41-28-11-20(18-37-7-2-19(3-8-37)12-29(39)40)10-25(35-28)21-13-22(31)15-23(32)14-21/h10-11,13-17,19,26-27H,2-9,12,18H2,1H3,(H,39,40)/t26-,27-/m0/s1. The molecule has 1 aromatic carbocycles. The van der Waals surface area contributed by atoms with Crippen LogP contribution in [0.2, 0.25) is 10.0 Å². The molecule has 2 atom stereocenters. The third-order valence-corrected chi connectivity index (χ3v) is 8.98. The number of anilines is 1. The number of fused-ring (bicyclic) bond motifs is 1. The number of likely N-dealkylation sites (tertiary alicyclic amines) is 2. The van der Waals surface area contributed by atoms with Crippen LogP contribution in [0.4, 0.5) is 5.95 Å². The predicted octanol–water partition coefficient (Wildman–Crippen LogP) is 5.61. The maximum Gasteiger partial charge on any atom is 0.303 e. The highest BCUT2D eigenvalue weighted by Gasteiger charge is 2.41. The number of carboxylic acid groups (broad SMARTS) is 1. The molecule has 216 valence electrons. The summed E-state index contributed by atoms with van der Waals surface area (Å²) in [5.74, 6) is 1.19. The van der Waals surface area contributed by atoms with Crippen LogP contribution in [0, 0.1) is 5.92 Å². The summed E-state index contributed by atoms with van der Waals surface area (Å²) in [6.07, 6.45) is 7.67. The van der Waals surface area contributed by atoms with Crippen LogP contribution in [0.25, 0.3) is 11.3 Å². The lowest BCUT2D eigenvalue weighted by Gasteiger charge is -2.31. The molecular formula is C30H34Cl2N6O3. The van der Waals surface area contributed by atoms with Crippen LogP contribution in [-0.4, -0.2) is 81.1 Å². The minimum absolute atomic E-state index is 0.230. The van der Waals surface area contributed by atoms with Crippen molar-refractivity contribution in [2.75, 3.05) is 38.1 Å². The van der Waals surface area contributed by atoms with Crippen LogP contribution in [0.3, 0.4) is 0 Å². The summed E-state index contributed by atoms with van der Waals surface area (Å²) in [6, 6.07) is 10.4. The molecule has 3 aliphatic heterocycles. The molecule has 3 saturated heterocycles. The second-order valence-electron chi connectivity index (χ2n) is 11.4. The molecule has 3 fully saturated rings. The fraction of sp³-hybridized carbons (Fsp3) is 0.467. The monoisotopic (exact) mass is 596 g/mol. The highest BCUT2D eigenvalue weighted by Crippen LogP contribution is 2.34. The molecule has 5 heterocycles. The quantitative estimate of drug-likeness (QED) is 0.356. The van der Waals surface area contributed by atoms with E-state index in [1.54, 1.807) is 18.5 Å². The van der Waals surface area contributed by atoms with E-state index < -0.39 is 5.97 Å². The average molecular weight is 598 g/mol. The number of aliphatic carboxylic acids is 1. The first kappa shape index (κ1) is 28.2. The molecule has 11 heteroatoms. The summed E-state index contributed by atoms with van der Waals surface area (Å²) < 4.78 is 6.20. The van der Waals surface area contributed by atoms with Crippen molar-refractivity contribution in [1.82, 2.24) is 24.8 Å². The number of hydrogen-bond acceptors (Lipinski definition) is 8. The van der Waals surface area contributed by atoms with Gasteiger partial charge in [0, 0.05) is 59.8 Å². The lowest BCUT2D eigenvalue weighted by molar-refractivity contribution is -0.138. The van der Waals surface area contributed by atoms with E-state index in [4.69, 9.17) is 38.0 Å². The Balaban J connectivity index is 1.21. The fourth-order valence-electron chi connectivity index (χ4n) is 6.49. The third kappa shape index (κ3) is 6.59. The molecule has 2 aromatic heterocycles. The maximum absolute atomic E-state index is 11.1. The van der Waals surface area contributed by atoms with Crippen molar-refractivity contribution in [3.8, 4) is 22.9 Å². The lowest BCUT2D eigenvalue weighted by atomic mass is 9.93. The second kappa shape index (κ2) is 12.1. The van der Waals surface area contributed by atoms with E-state index in [-0.39, 0.29) is 12.3 Å². The normalized spacial score (nSPS) is 21.8. The van der Waals surface area contributed by atoms with E-state index in [1.165, 1.54) is 0 Å². The highest BCUT2D eigenvalue weighted by atomic mass is 35.5. The Morgan fingerprint density at radius 1 is 0.951 bits per heavy atom. The van der Waals surface area contributed by atoms with Gasteiger partial charge in [0.2, 0.25) is 11.8 Å². The van der Waals surface area contributed by atoms with Gasteiger partial charge in [0.1, 0.15) is 0 Å². The molecule has 9 nitrogen and oxygen atoms in total. The molecule has 0 bridgehead atoms. The van der Waals surface area contributed by atoms with Crippen molar-refractivity contribution in [2.24, 2.45) is 5.92 Å². The summed E-state index contributed by atoms with van der Waals surface area (Å²) in [5, 5.41) is 10.2. The van der Waals surface area contributed by atoms with E-state index in [9.17, 15) is 4.79 Å². The number of nitrogens with zero attached hydrogens (tertiary/aromatic N) is 6. The molecule has 3 aromatic rings. The summed E-state index contributed by atoms with van der Waals surface area (Å²) in [4.78, 5) is 32.3. The van der Waals surface area contributed by atoms with Crippen molar-refractivity contribution >= 4 is 35.1 Å². The van der Waals surface area contributed by atoms with Crippen LogP contribution in [-0.2, 0) is 11.3 Å². The van der Waals surface area contributed by atoms with Crippen LogP contribution < -0.4 is 9.64 Å². The van der Waals surface area contributed by atoms with Gasteiger partial charge in [-0.25, -0.2) is 15.0 Å². The number of halogens is 2. The Kier molecular flexibility index (Phi) is 8.30. The highest BCUT2D eigenvalue weighted by molar-refractivity contribution is 6.35. The summed E-state index contributed by atoms with van der Waals surface area (Å²) in [7, 11) is 2.19. The Bertz CT molecular complexity index is 1380. The Morgan fingerprint density at radius 2 is 1.66 bits per heavy atom. The molecule has 6 rings (SSSR count). The van der Waals surface area contributed by atoms with Gasteiger partial charge in [-0.15, -0.1) is 0 Å². The zero-order chi connectivity index (χ0) is 28.5. The number of likely N-dealkylation sites (N-methyl/N-ethyl adjacent to an activating group) is 1. The molecule has 3 aliphatic rings. The van der Waals surface area contributed by atoms with Gasteiger partial charge < -0.3 is 19.6 Å². The smallest absolute Gasteiger partial charge is 0.303 e. The second-order valence-corrected chi connectivity index (χ2v) is 12.3. The van der Waals surface area contributed by atoms with Crippen LogP contribution >= 0.6 is 23.2 Å². The molecule has 0 unspecified atom stereocenters. The zero-order valence-electron chi connectivity index (χ0n) is 23.0. The first-order chi connectivity index (χ1) is 19.8. The van der Waals surface area contributed by atoms with Gasteiger partial charge in [-0.3, -0.25) is 9.69 Å². The van der Waals surface area contributed by atoms with Crippen molar-refractivity contribution in [3.05, 3.63) is 58.3 Å². The molecule has 0 saturated carbocycles. The maximum atomic E-state index is 11.1. The van der Waals surface area contributed by atoms with Crippen molar-refractivity contribution in [3.63, 3.8) is 0 Å². The number of benzene rings is 1. The predicted molar refractivity (Wildman–Crippen MR) is 159 cm³/mol. The zero-order valence-corrected chi connectivity index (χ0v) is 24.6. The molecule has 0 radical (unpaired) electrons. The summed E-state index contributed by atoms with van der Waals surface area (Å²) >= 11 is 12.6. The fourth-order valence-corrected chi connectivity index (χ4v) is 7.01. The number of pyridine rings is 1.